The van der Waals surface area contributed by atoms with Crippen LogP contribution >= 0.6 is 27.7 Å². The van der Waals surface area contributed by atoms with Gasteiger partial charge < -0.3 is 10.1 Å². The highest BCUT2D eigenvalue weighted by Gasteiger charge is 2.34. The Labute approximate surface area is 158 Å². The van der Waals surface area contributed by atoms with E-state index in [4.69, 9.17) is 4.74 Å². The van der Waals surface area contributed by atoms with Crippen LogP contribution in [0.5, 0.6) is 5.75 Å². The van der Waals surface area contributed by atoms with Crippen LogP contribution in [0.3, 0.4) is 0 Å². The molecule has 0 unspecified atom stereocenters. The molecule has 0 aliphatic carbocycles. The number of nitrogens with one attached hydrogen (secondary N) is 1. The first-order chi connectivity index (χ1) is 12.1. The highest BCUT2D eigenvalue weighted by molar-refractivity contribution is 9.10. The van der Waals surface area contributed by atoms with Crippen molar-refractivity contribution in [3.63, 3.8) is 0 Å². The van der Waals surface area contributed by atoms with E-state index in [2.05, 4.69) is 21.2 Å². The molecule has 1 N–H and O–H groups in total. The first kappa shape index (κ1) is 17.6. The van der Waals surface area contributed by atoms with E-state index in [1.165, 1.54) is 4.90 Å². The number of nitrogens with zero attached hydrogens (tertiary/aromatic N) is 1. The molecule has 0 bridgehead atoms. The van der Waals surface area contributed by atoms with Gasteiger partial charge in [-0.15, -0.1) is 0 Å². The van der Waals surface area contributed by atoms with Crippen molar-refractivity contribution in [2.24, 2.45) is 0 Å². The van der Waals surface area contributed by atoms with Crippen LogP contribution in [-0.2, 0) is 4.79 Å². The third-order valence-corrected chi connectivity index (χ3v) is 4.93. The van der Waals surface area contributed by atoms with E-state index in [0.717, 1.165) is 27.5 Å². The molecule has 1 heterocycles. The van der Waals surface area contributed by atoms with E-state index in [9.17, 15) is 9.59 Å². The highest BCUT2D eigenvalue weighted by atomic mass is 79.9. The molecule has 1 saturated heterocycles. The molecule has 25 heavy (non-hydrogen) atoms. The van der Waals surface area contributed by atoms with Crippen LogP contribution in [0.15, 0.2) is 57.9 Å². The lowest BCUT2D eigenvalue weighted by Crippen LogP contribution is -2.33. The zero-order valence-corrected chi connectivity index (χ0v) is 15.8. The number of carbonyl (C=O) groups is 2. The van der Waals surface area contributed by atoms with E-state index >= 15 is 0 Å². The van der Waals surface area contributed by atoms with E-state index in [-0.39, 0.29) is 17.8 Å². The number of carbonyl (C=O) groups excluding carboxylic acids is 2. The van der Waals surface area contributed by atoms with Crippen LogP contribution in [0.25, 0.3) is 6.08 Å². The number of amides is 2. The zero-order valence-electron chi connectivity index (χ0n) is 13.4. The smallest absolute Gasteiger partial charge is 0.295 e. The molecule has 2 aromatic carbocycles. The van der Waals surface area contributed by atoms with E-state index < -0.39 is 0 Å². The first-order valence-corrected chi connectivity index (χ1v) is 9.06. The zero-order chi connectivity index (χ0) is 17.8. The van der Waals surface area contributed by atoms with Crippen molar-refractivity contribution in [3.05, 3.63) is 63.5 Å². The second-order valence-electron chi connectivity index (χ2n) is 5.23. The lowest BCUT2D eigenvalue weighted by Gasteiger charge is -2.14. The SMILES string of the molecule is COc1cccc(/C=C2\SC(=O)N(CNc3cccc(Br)c3)C2=O)c1. The van der Waals surface area contributed by atoms with Crippen molar-refractivity contribution in [2.75, 3.05) is 19.1 Å². The van der Waals surface area contributed by atoms with Crippen molar-refractivity contribution in [1.82, 2.24) is 4.90 Å². The number of thioether (sulfide) groups is 1. The summed E-state index contributed by atoms with van der Waals surface area (Å²) in [7, 11) is 1.58. The molecule has 1 fully saturated rings. The molecular formula is C18H15BrN2O3S. The number of imide groups is 1. The summed E-state index contributed by atoms with van der Waals surface area (Å²) in [4.78, 5) is 26.2. The summed E-state index contributed by atoms with van der Waals surface area (Å²) in [6.07, 6.45) is 1.70. The predicted molar refractivity (Wildman–Crippen MR) is 103 cm³/mol. The standard InChI is InChI=1S/C18H15BrN2O3S/c1-24-15-7-2-4-12(8-15)9-16-17(22)21(18(23)25-16)11-20-14-6-3-5-13(19)10-14/h2-10,20H,11H2,1H3/b16-9-. The molecular weight excluding hydrogens is 404 g/mol. The Morgan fingerprint density at radius 3 is 2.76 bits per heavy atom. The minimum absolute atomic E-state index is 0.122. The fourth-order valence-electron chi connectivity index (χ4n) is 2.29. The van der Waals surface area contributed by atoms with Crippen LogP contribution in [0.1, 0.15) is 5.56 Å². The van der Waals surface area contributed by atoms with Crippen LogP contribution in [0, 0.1) is 0 Å². The summed E-state index contributed by atoms with van der Waals surface area (Å²) >= 11 is 4.32. The van der Waals surface area contributed by atoms with Crippen molar-refractivity contribution >= 4 is 50.6 Å². The fourth-order valence-corrected chi connectivity index (χ4v) is 3.53. The van der Waals surface area contributed by atoms with Gasteiger partial charge >= 0.3 is 0 Å². The van der Waals surface area contributed by atoms with Gasteiger partial charge in [-0.1, -0.05) is 34.1 Å². The Hall–Kier alpha value is -2.25. The largest absolute Gasteiger partial charge is 0.497 e. The number of hydrogen-bond donors (Lipinski definition) is 1. The van der Waals surface area contributed by atoms with Gasteiger partial charge in [0.1, 0.15) is 5.75 Å². The maximum Gasteiger partial charge on any atom is 0.295 e. The van der Waals surface area contributed by atoms with Gasteiger partial charge in [0.2, 0.25) is 0 Å². The minimum atomic E-state index is -0.305. The van der Waals surface area contributed by atoms with Gasteiger partial charge in [0.25, 0.3) is 11.1 Å². The summed E-state index contributed by atoms with van der Waals surface area (Å²) in [5, 5.41) is 2.79. The molecule has 2 amide bonds. The third kappa shape index (κ3) is 4.24. The maximum absolute atomic E-state index is 12.5. The number of rotatable bonds is 5. The van der Waals surface area contributed by atoms with E-state index in [1.54, 1.807) is 13.2 Å². The Morgan fingerprint density at radius 1 is 1.20 bits per heavy atom. The van der Waals surface area contributed by atoms with Gasteiger partial charge in [0.05, 0.1) is 18.7 Å². The molecule has 0 aromatic heterocycles. The first-order valence-electron chi connectivity index (χ1n) is 7.45. The van der Waals surface area contributed by atoms with Gasteiger partial charge in [-0.2, -0.15) is 0 Å². The summed E-state index contributed by atoms with van der Waals surface area (Å²) < 4.78 is 6.09. The molecule has 1 aliphatic rings. The lowest BCUT2D eigenvalue weighted by molar-refractivity contribution is -0.122. The Morgan fingerprint density at radius 2 is 2.00 bits per heavy atom. The Kier molecular flexibility index (Phi) is 5.45. The fraction of sp³-hybridized carbons (Fsp3) is 0.111. The van der Waals surface area contributed by atoms with Crippen LogP contribution in [0.2, 0.25) is 0 Å². The number of anilines is 1. The molecule has 128 valence electrons. The van der Waals surface area contributed by atoms with Crippen molar-refractivity contribution < 1.29 is 14.3 Å². The summed E-state index contributed by atoms with van der Waals surface area (Å²) in [6, 6.07) is 14.9. The third-order valence-electron chi connectivity index (χ3n) is 3.53. The summed E-state index contributed by atoms with van der Waals surface area (Å²) in [5.41, 5.74) is 1.63. The second kappa shape index (κ2) is 7.76. The van der Waals surface area contributed by atoms with Crippen molar-refractivity contribution in [2.45, 2.75) is 0 Å². The van der Waals surface area contributed by atoms with E-state index in [1.807, 2.05) is 48.5 Å². The van der Waals surface area contributed by atoms with E-state index in [0.29, 0.717) is 10.7 Å². The second-order valence-corrected chi connectivity index (χ2v) is 7.14. The average molecular weight is 419 g/mol. The number of methoxy groups -OCH3 is 1. The number of hydrogen-bond acceptors (Lipinski definition) is 5. The maximum atomic E-state index is 12.5. The number of benzene rings is 2. The van der Waals surface area contributed by atoms with Crippen LogP contribution in [-0.4, -0.2) is 29.8 Å². The number of halogens is 1. The molecule has 7 heteroatoms. The molecule has 1 aliphatic heterocycles. The molecule has 0 radical (unpaired) electrons. The molecule has 5 nitrogen and oxygen atoms in total. The Balaban J connectivity index is 1.72. The summed E-state index contributed by atoms with van der Waals surface area (Å²) in [5.74, 6) is 0.393. The molecule has 0 saturated carbocycles. The van der Waals surface area contributed by atoms with Gasteiger partial charge in [0, 0.05) is 10.2 Å². The number of ether oxygens (including phenoxy) is 1. The van der Waals surface area contributed by atoms with Gasteiger partial charge in [-0.05, 0) is 53.7 Å². The normalized spacial score (nSPS) is 15.8. The van der Waals surface area contributed by atoms with Gasteiger partial charge in [0.15, 0.2) is 0 Å². The van der Waals surface area contributed by atoms with Crippen LogP contribution < -0.4 is 10.1 Å². The predicted octanol–water partition coefficient (Wildman–Crippen LogP) is 4.56. The molecule has 0 spiro atoms. The minimum Gasteiger partial charge on any atom is -0.497 e. The summed E-state index contributed by atoms with van der Waals surface area (Å²) in [6.45, 7) is 0.122. The molecule has 2 aromatic rings. The topological polar surface area (TPSA) is 58.6 Å². The quantitative estimate of drug-likeness (QED) is 0.720. The van der Waals surface area contributed by atoms with Crippen LogP contribution in [0.4, 0.5) is 10.5 Å². The van der Waals surface area contributed by atoms with Crippen molar-refractivity contribution in [3.8, 4) is 5.75 Å². The van der Waals surface area contributed by atoms with Crippen molar-refractivity contribution in [1.29, 1.82) is 0 Å². The monoisotopic (exact) mass is 418 g/mol. The average Bonchev–Trinajstić information content (AvgIpc) is 2.87. The van der Waals surface area contributed by atoms with Gasteiger partial charge in [-0.3, -0.25) is 14.5 Å². The Bertz CT molecular complexity index is 854. The highest BCUT2D eigenvalue weighted by Crippen LogP contribution is 2.32. The van der Waals surface area contributed by atoms with Gasteiger partial charge in [-0.25, -0.2) is 0 Å². The molecule has 3 rings (SSSR count). The lowest BCUT2D eigenvalue weighted by atomic mass is 10.2. The molecule has 0 atom stereocenters.